The number of halogens is 1. The number of aliphatic hydroxyl groups excluding tert-OH is 2. The third-order valence-corrected chi connectivity index (χ3v) is 6.46. The fourth-order valence-corrected chi connectivity index (χ4v) is 4.60. The van der Waals surface area contributed by atoms with Gasteiger partial charge in [0.1, 0.15) is 18.0 Å². The van der Waals surface area contributed by atoms with E-state index in [9.17, 15) is 23.0 Å². The summed E-state index contributed by atoms with van der Waals surface area (Å²) in [4.78, 5) is 1.82. The molecule has 9 heteroatoms. The number of hydrogen-bond donors (Lipinski definition) is 3. The highest BCUT2D eigenvalue weighted by molar-refractivity contribution is 7.89. The van der Waals surface area contributed by atoms with Crippen LogP contribution in [-0.2, 0) is 21.3 Å². The first-order valence-corrected chi connectivity index (χ1v) is 10.7. The van der Waals surface area contributed by atoms with Crippen molar-refractivity contribution >= 4 is 10.0 Å². The van der Waals surface area contributed by atoms with Gasteiger partial charge >= 0.3 is 0 Å². The van der Waals surface area contributed by atoms with Gasteiger partial charge in [0.15, 0.2) is 0 Å². The number of rotatable bonds is 8. The van der Waals surface area contributed by atoms with Crippen LogP contribution in [0.4, 0.5) is 4.39 Å². The van der Waals surface area contributed by atoms with Crippen molar-refractivity contribution in [3.05, 3.63) is 66.0 Å². The second-order valence-electron chi connectivity index (χ2n) is 7.08. The summed E-state index contributed by atoms with van der Waals surface area (Å²) in [6.07, 6.45) is -2.46. The second kappa shape index (κ2) is 9.29. The molecule has 1 saturated heterocycles. The highest BCUT2D eigenvalue weighted by atomic mass is 32.2. The first-order chi connectivity index (χ1) is 13.8. The van der Waals surface area contributed by atoms with E-state index in [1.165, 1.54) is 12.1 Å². The predicted molar refractivity (Wildman–Crippen MR) is 105 cm³/mol. The van der Waals surface area contributed by atoms with Crippen molar-refractivity contribution in [2.45, 2.75) is 35.8 Å². The molecule has 4 unspecified atom stereocenters. The van der Waals surface area contributed by atoms with Gasteiger partial charge in [0, 0.05) is 13.1 Å². The van der Waals surface area contributed by atoms with Gasteiger partial charge in [-0.25, -0.2) is 17.5 Å². The van der Waals surface area contributed by atoms with E-state index in [0.717, 1.165) is 17.7 Å². The molecule has 0 spiro atoms. The van der Waals surface area contributed by atoms with Crippen LogP contribution in [0.25, 0.3) is 0 Å². The Balaban J connectivity index is 1.72. The van der Waals surface area contributed by atoms with E-state index in [4.69, 9.17) is 4.74 Å². The van der Waals surface area contributed by atoms with E-state index in [1.807, 2.05) is 42.3 Å². The standard InChI is InChI=1S/C20H25FN2O5S/c1-23(12-14-5-3-2-4-6-14)19-17(28-18(13-24)20(19)25)11-22-29(26,27)16-9-7-15(21)8-10-16/h2-10,17-20,22,24-25H,11-13H2,1H3. The zero-order valence-corrected chi connectivity index (χ0v) is 16.8. The van der Waals surface area contributed by atoms with E-state index in [0.29, 0.717) is 6.54 Å². The number of nitrogens with zero attached hydrogens (tertiary/aromatic N) is 1. The molecule has 1 heterocycles. The summed E-state index contributed by atoms with van der Waals surface area (Å²) in [5.74, 6) is -0.528. The Labute approximate surface area is 169 Å². The monoisotopic (exact) mass is 424 g/mol. The summed E-state index contributed by atoms with van der Waals surface area (Å²) < 4.78 is 46.2. The lowest BCUT2D eigenvalue weighted by Gasteiger charge is -2.30. The molecule has 0 radical (unpaired) electrons. The zero-order valence-electron chi connectivity index (χ0n) is 16.0. The van der Waals surface area contributed by atoms with Gasteiger partial charge in [-0.2, -0.15) is 0 Å². The van der Waals surface area contributed by atoms with E-state index < -0.39 is 40.2 Å². The topological polar surface area (TPSA) is 99.1 Å². The van der Waals surface area contributed by atoms with Gasteiger partial charge in [-0.05, 0) is 36.9 Å². The van der Waals surface area contributed by atoms with E-state index in [1.54, 1.807) is 0 Å². The Morgan fingerprint density at radius 1 is 1.10 bits per heavy atom. The molecular formula is C20H25FN2O5S. The highest BCUT2D eigenvalue weighted by Crippen LogP contribution is 2.26. The Hall–Kier alpha value is -1.88. The molecule has 29 heavy (non-hydrogen) atoms. The maximum Gasteiger partial charge on any atom is 0.240 e. The van der Waals surface area contributed by atoms with Gasteiger partial charge in [-0.15, -0.1) is 0 Å². The SMILES string of the molecule is CN(Cc1ccccc1)C1C(CNS(=O)(=O)c2ccc(F)cc2)OC(CO)C1O. The van der Waals surface area contributed by atoms with Crippen LogP contribution in [0.3, 0.4) is 0 Å². The summed E-state index contributed by atoms with van der Waals surface area (Å²) >= 11 is 0. The van der Waals surface area contributed by atoms with Crippen LogP contribution < -0.4 is 4.72 Å². The minimum atomic E-state index is -3.87. The number of benzene rings is 2. The van der Waals surface area contributed by atoms with Crippen LogP contribution in [0.5, 0.6) is 0 Å². The minimum absolute atomic E-state index is 0.0645. The predicted octanol–water partition coefficient (Wildman–Crippen LogP) is 0.725. The lowest BCUT2D eigenvalue weighted by atomic mass is 10.0. The number of sulfonamides is 1. The molecule has 0 amide bonds. The molecule has 3 N–H and O–H groups in total. The molecule has 0 aromatic heterocycles. The fraction of sp³-hybridized carbons (Fsp3) is 0.400. The normalized spacial score (nSPS) is 24.9. The molecule has 1 fully saturated rings. The van der Waals surface area contributed by atoms with Crippen molar-refractivity contribution in [1.29, 1.82) is 0 Å². The quantitative estimate of drug-likeness (QED) is 0.578. The van der Waals surface area contributed by atoms with Gasteiger partial charge in [-0.1, -0.05) is 30.3 Å². The first kappa shape index (κ1) is 21.8. The maximum atomic E-state index is 13.1. The molecule has 1 aliphatic heterocycles. The number of likely N-dealkylation sites (N-methyl/N-ethyl adjacent to an activating group) is 1. The van der Waals surface area contributed by atoms with Gasteiger partial charge in [0.25, 0.3) is 0 Å². The van der Waals surface area contributed by atoms with Crippen molar-refractivity contribution < 1.29 is 27.8 Å². The van der Waals surface area contributed by atoms with E-state index >= 15 is 0 Å². The molecule has 7 nitrogen and oxygen atoms in total. The third-order valence-electron chi connectivity index (χ3n) is 5.02. The molecule has 2 aromatic carbocycles. The number of hydrogen-bond acceptors (Lipinski definition) is 6. The molecule has 1 aliphatic rings. The molecule has 0 bridgehead atoms. The lowest BCUT2D eigenvalue weighted by molar-refractivity contribution is -0.0201. The maximum absolute atomic E-state index is 13.1. The number of aliphatic hydroxyl groups is 2. The second-order valence-corrected chi connectivity index (χ2v) is 8.85. The Kier molecular flexibility index (Phi) is 6.99. The van der Waals surface area contributed by atoms with Gasteiger partial charge in [0.05, 0.1) is 23.6 Å². The minimum Gasteiger partial charge on any atom is -0.394 e. The van der Waals surface area contributed by atoms with Crippen LogP contribution in [0.2, 0.25) is 0 Å². The van der Waals surface area contributed by atoms with Crippen molar-refractivity contribution in [3.8, 4) is 0 Å². The van der Waals surface area contributed by atoms with Crippen LogP contribution in [0, 0.1) is 5.82 Å². The summed E-state index contributed by atoms with van der Waals surface area (Å²) in [5, 5.41) is 20.1. The number of ether oxygens (including phenoxy) is 1. The van der Waals surface area contributed by atoms with E-state index in [-0.39, 0.29) is 18.0 Å². The first-order valence-electron chi connectivity index (χ1n) is 9.25. The van der Waals surface area contributed by atoms with Crippen molar-refractivity contribution in [1.82, 2.24) is 9.62 Å². The molecule has 4 atom stereocenters. The molecule has 158 valence electrons. The van der Waals surface area contributed by atoms with Gasteiger partial charge < -0.3 is 14.9 Å². The van der Waals surface area contributed by atoms with E-state index in [2.05, 4.69) is 4.72 Å². The molecule has 0 saturated carbocycles. The fourth-order valence-electron chi connectivity index (χ4n) is 3.56. The summed E-state index contributed by atoms with van der Waals surface area (Å²) in [6.45, 7) is 0.0421. The summed E-state index contributed by atoms with van der Waals surface area (Å²) in [5.41, 5.74) is 1.03. The van der Waals surface area contributed by atoms with Crippen molar-refractivity contribution in [2.24, 2.45) is 0 Å². The third kappa shape index (κ3) is 5.19. The Bertz CT molecular complexity index is 895. The lowest BCUT2D eigenvalue weighted by Crippen LogP contribution is -2.49. The average Bonchev–Trinajstić information content (AvgIpc) is 3.03. The molecule has 3 rings (SSSR count). The van der Waals surface area contributed by atoms with Gasteiger partial charge in [-0.3, -0.25) is 4.90 Å². The largest absolute Gasteiger partial charge is 0.394 e. The highest BCUT2D eigenvalue weighted by Gasteiger charge is 2.45. The van der Waals surface area contributed by atoms with Crippen LogP contribution >= 0.6 is 0 Å². The van der Waals surface area contributed by atoms with Crippen LogP contribution in [0.1, 0.15) is 5.56 Å². The Morgan fingerprint density at radius 3 is 2.38 bits per heavy atom. The molecule has 2 aromatic rings. The van der Waals surface area contributed by atoms with Crippen LogP contribution in [0.15, 0.2) is 59.5 Å². The Morgan fingerprint density at radius 2 is 1.76 bits per heavy atom. The van der Waals surface area contributed by atoms with Gasteiger partial charge in [0.2, 0.25) is 10.0 Å². The van der Waals surface area contributed by atoms with Crippen LogP contribution in [-0.4, -0.2) is 68.1 Å². The summed E-state index contributed by atoms with van der Waals surface area (Å²) in [6, 6.07) is 13.6. The number of nitrogens with one attached hydrogen (secondary N) is 1. The summed E-state index contributed by atoms with van der Waals surface area (Å²) in [7, 11) is -2.06. The smallest absolute Gasteiger partial charge is 0.240 e. The van der Waals surface area contributed by atoms with Crippen molar-refractivity contribution in [3.63, 3.8) is 0 Å². The zero-order chi connectivity index (χ0) is 21.0. The average molecular weight is 424 g/mol. The molecule has 0 aliphatic carbocycles. The molecular weight excluding hydrogens is 399 g/mol. The van der Waals surface area contributed by atoms with Crippen molar-refractivity contribution in [2.75, 3.05) is 20.2 Å².